The quantitative estimate of drug-likeness (QED) is 0.0955. The number of benzene rings is 9. The van der Waals surface area contributed by atoms with Crippen molar-refractivity contribution in [2.75, 3.05) is 0 Å². The van der Waals surface area contributed by atoms with Crippen LogP contribution < -0.4 is 0 Å². The first kappa shape index (κ1) is 51.7. The third-order valence-electron chi connectivity index (χ3n) is 14.5. The highest BCUT2D eigenvalue weighted by atomic mass is 19.4. The van der Waals surface area contributed by atoms with Crippen LogP contribution in [0.3, 0.4) is 0 Å². The maximum Gasteiger partial charge on any atom is 0.416 e. The van der Waals surface area contributed by atoms with E-state index in [9.17, 15) is 35.9 Å². The van der Waals surface area contributed by atoms with Crippen LogP contribution in [0.15, 0.2) is 249 Å². The molecule has 79 heavy (non-hydrogen) atoms. The number of alkyl halides is 9. The lowest BCUT2D eigenvalue weighted by molar-refractivity contribution is -0.166. The molecule has 2 aliphatic carbocycles. The zero-order chi connectivity index (χ0) is 55.3. The molecule has 0 aromatic heterocycles. The number of Topliss-reactive ketones (excluding diaryl/α,β-unsaturated/α-hetero) is 2. The Morgan fingerprint density at radius 1 is 0.203 bits per heavy atom. The fourth-order valence-electron chi connectivity index (χ4n) is 11.0. The normalized spacial score (nSPS) is 14.5. The molecule has 2 aliphatic rings. The summed E-state index contributed by atoms with van der Waals surface area (Å²) in [7, 11) is 0. The number of carbonyl (C=O) groups excluding carboxylic acids is 2. The average Bonchev–Trinajstić information content (AvgIpc) is 4.16. The van der Waals surface area contributed by atoms with Crippen LogP contribution in [0.1, 0.15) is 72.3 Å². The smallest absolute Gasteiger partial charge is 0.289 e. The maximum atomic E-state index is 16.9. The number of allylic oxidation sites excluding steroid dienone is 8. The molecule has 0 saturated carbocycles. The van der Waals surface area contributed by atoms with Crippen LogP contribution in [0.25, 0.3) is 44.6 Å². The van der Waals surface area contributed by atoms with Crippen molar-refractivity contribution in [3.05, 3.63) is 321 Å². The molecule has 2 nitrogen and oxygen atoms in total. The summed E-state index contributed by atoms with van der Waals surface area (Å²) in [6, 6.07) is 62.2. The monoisotopic (exact) mass is 1060 g/mol. The molecule has 11 rings (SSSR count). The number of carbonyl (C=O) groups is 2. The third-order valence-corrected chi connectivity index (χ3v) is 14.5. The lowest BCUT2D eigenvalue weighted by Gasteiger charge is -2.38. The predicted molar refractivity (Wildman–Crippen MR) is 291 cm³/mol. The number of ketones is 2. The van der Waals surface area contributed by atoms with Gasteiger partial charge in [0.25, 0.3) is 0 Å². The van der Waals surface area contributed by atoms with Gasteiger partial charge < -0.3 is 0 Å². The van der Waals surface area contributed by atoms with Crippen LogP contribution in [-0.4, -0.2) is 17.7 Å². The van der Waals surface area contributed by atoms with Gasteiger partial charge in [-0.2, -0.15) is 39.5 Å². The lowest BCUT2D eigenvalue weighted by Crippen LogP contribution is -2.44. The van der Waals surface area contributed by atoms with E-state index in [1.807, 2.05) is 0 Å². The summed E-state index contributed by atoms with van der Waals surface area (Å²) in [5.74, 6) is -0.857. The van der Waals surface area contributed by atoms with Gasteiger partial charge in [0.15, 0.2) is 11.6 Å². The van der Waals surface area contributed by atoms with Gasteiger partial charge in [-0.1, -0.05) is 224 Å². The predicted octanol–water partition coefficient (Wildman–Crippen LogP) is 17.8. The Hall–Kier alpha value is -9.35. The number of rotatable bonds is 11. The Balaban J connectivity index is 1.11. The van der Waals surface area contributed by atoms with Crippen LogP contribution in [0.4, 0.5) is 39.5 Å². The van der Waals surface area contributed by atoms with Crippen molar-refractivity contribution < 1.29 is 49.1 Å². The number of hydrogen-bond acceptors (Lipinski definition) is 2. The Bertz CT molecular complexity index is 3660. The summed E-state index contributed by atoms with van der Waals surface area (Å²) >= 11 is 0. The van der Waals surface area contributed by atoms with Crippen molar-refractivity contribution in [2.24, 2.45) is 0 Å². The van der Waals surface area contributed by atoms with E-state index >= 15 is 13.2 Å². The minimum Gasteiger partial charge on any atom is -0.289 e. The van der Waals surface area contributed by atoms with Crippen molar-refractivity contribution >= 4 is 56.2 Å². The molecule has 0 amide bonds. The zero-order valence-corrected chi connectivity index (χ0v) is 41.4. The first-order chi connectivity index (χ1) is 38.0. The molecule has 9 aromatic carbocycles. The molecule has 0 aliphatic heterocycles. The summed E-state index contributed by atoms with van der Waals surface area (Å²) in [6.07, 6.45) is -14.4. The first-order valence-electron chi connectivity index (χ1n) is 24.9. The van der Waals surface area contributed by atoms with E-state index in [0.29, 0.717) is 55.7 Å². The number of halogens is 9. The van der Waals surface area contributed by atoms with Crippen molar-refractivity contribution in [2.45, 2.75) is 23.9 Å². The van der Waals surface area contributed by atoms with E-state index in [2.05, 4.69) is 0 Å². The molecule has 0 heterocycles. The SMILES string of the molecule is O=C1C(c2ccccc2)=C(c2ccc(C(F)(F)F)cc2)C(c2ccc(C(c3ccccc3)(c3ccc(C4=C(c5ccccc5)C(=O)C(c5ccccc5)=C4c4ccc(C(F)(F)F)cc4)cc3)C(F)(F)F)cc2)=C1c1ccccc1. The summed E-state index contributed by atoms with van der Waals surface area (Å²) in [4.78, 5) is 30.0. The third kappa shape index (κ3) is 9.24. The molecule has 388 valence electrons. The highest BCUT2D eigenvalue weighted by Crippen LogP contribution is 2.55. The van der Waals surface area contributed by atoms with Crippen LogP contribution in [0, 0.1) is 0 Å². The second-order valence-electron chi connectivity index (χ2n) is 19.0. The molecule has 0 unspecified atom stereocenters. The molecule has 0 fully saturated rings. The lowest BCUT2D eigenvalue weighted by atomic mass is 9.68. The molecule has 0 atom stereocenters. The van der Waals surface area contributed by atoms with Gasteiger partial charge in [-0.3, -0.25) is 9.59 Å². The van der Waals surface area contributed by atoms with Gasteiger partial charge in [-0.15, -0.1) is 0 Å². The Morgan fingerprint density at radius 3 is 0.608 bits per heavy atom. The standard InChI is InChI=1S/C68H41F9O2/c69-66(70,71)53-38-30-48(31-39-53)57-55(59(42-16-6-1-7-17-42)63(78)61(57)44-20-10-3-11-21-44)46-26-34-51(35-27-46)65(68(75,76)77,50-24-14-5-15-25-50)52-36-28-47(29-37-52)56-58(49-32-40-54(41-33-49)67(72,73)74)62(45-22-12-4-13-23-45)64(79)60(56)43-18-8-2-9-19-43/h1-41H. The largest absolute Gasteiger partial charge is 0.416 e. The summed E-state index contributed by atoms with van der Waals surface area (Å²) in [5.41, 5.74) is -0.0962. The zero-order valence-electron chi connectivity index (χ0n) is 41.4. The van der Waals surface area contributed by atoms with E-state index in [4.69, 9.17) is 0 Å². The first-order valence-corrected chi connectivity index (χ1v) is 24.9. The van der Waals surface area contributed by atoms with E-state index in [1.54, 1.807) is 127 Å². The second kappa shape index (κ2) is 20.2. The molecule has 0 saturated heterocycles. The van der Waals surface area contributed by atoms with Crippen LogP contribution >= 0.6 is 0 Å². The van der Waals surface area contributed by atoms with Crippen LogP contribution in [0.5, 0.6) is 0 Å². The van der Waals surface area contributed by atoms with Gasteiger partial charge in [-0.05, 0) is 85.5 Å². The van der Waals surface area contributed by atoms with Gasteiger partial charge in [0.05, 0.1) is 11.1 Å². The highest BCUT2D eigenvalue weighted by molar-refractivity contribution is 6.60. The molecule has 9 aromatic rings. The van der Waals surface area contributed by atoms with Crippen molar-refractivity contribution in [3.63, 3.8) is 0 Å². The molecule has 0 bridgehead atoms. The highest BCUT2D eigenvalue weighted by Gasteiger charge is 2.58. The average molecular weight is 1060 g/mol. The molecule has 0 spiro atoms. The van der Waals surface area contributed by atoms with Crippen molar-refractivity contribution in [1.82, 2.24) is 0 Å². The fraction of sp³-hybridized carbons (Fsp3) is 0.0588. The van der Waals surface area contributed by atoms with E-state index in [-0.39, 0.29) is 50.1 Å². The fourth-order valence-corrected chi connectivity index (χ4v) is 11.0. The molecule has 11 heteroatoms. The van der Waals surface area contributed by atoms with Crippen molar-refractivity contribution in [1.29, 1.82) is 0 Å². The maximum absolute atomic E-state index is 16.9. The minimum absolute atomic E-state index is 0.142. The topological polar surface area (TPSA) is 34.1 Å². The summed E-state index contributed by atoms with van der Waals surface area (Å²) in [6.45, 7) is 0. The van der Waals surface area contributed by atoms with Crippen LogP contribution in [-0.2, 0) is 27.4 Å². The van der Waals surface area contributed by atoms with Gasteiger partial charge >= 0.3 is 18.5 Å². The van der Waals surface area contributed by atoms with E-state index in [1.165, 1.54) is 97.1 Å². The van der Waals surface area contributed by atoms with E-state index in [0.717, 1.165) is 24.3 Å². The summed E-state index contributed by atoms with van der Waals surface area (Å²) in [5, 5.41) is 0. The molecular weight excluding hydrogens is 1020 g/mol. The van der Waals surface area contributed by atoms with Gasteiger partial charge in [0.2, 0.25) is 0 Å². The molecular formula is C68H41F9O2. The van der Waals surface area contributed by atoms with Crippen molar-refractivity contribution in [3.8, 4) is 0 Å². The molecule has 0 radical (unpaired) electrons. The minimum atomic E-state index is -5.05. The summed E-state index contributed by atoms with van der Waals surface area (Å²) < 4.78 is 134. The Morgan fingerprint density at radius 2 is 0.392 bits per heavy atom. The van der Waals surface area contributed by atoms with Gasteiger partial charge in [0.1, 0.15) is 5.41 Å². The van der Waals surface area contributed by atoms with Gasteiger partial charge in [0, 0.05) is 44.6 Å². The van der Waals surface area contributed by atoms with Crippen LogP contribution in [0.2, 0.25) is 0 Å². The van der Waals surface area contributed by atoms with Gasteiger partial charge in [-0.25, -0.2) is 0 Å². The number of hydrogen-bond donors (Lipinski definition) is 0. The Kier molecular flexibility index (Phi) is 13.2. The molecule has 0 N–H and O–H groups in total. The van der Waals surface area contributed by atoms with E-state index < -0.39 is 46.6 Å². The Labute approximate surface area is 448 Å². The second-order valence-corrected chi connectivity index (χ2v) is 19.0.